The van der Waals surface area contributed by atoms with Gasteiger partial charge in [0.1, 0.15) is 0 Å². The number of hydrogen-bond acceptors (Lipinski definition) is 3. The van der Waals surface area contributed by atoms with Gasteiger partial charge in [-0.15, -0.1) is 0 Å². The molecule has 4 rings (SSSR count). The molecule has 3 heteroatoms. The Labute approximate surface area is 128 Å². The first-order valence-electron chi connectivity index (χ1n) is 9.24. The molecule has 0 unspecified atom stereocenters. The van der Waals surface area contributed by atoms with Crippen molar-refractivity contribution in [3.05, 3.63) is 0 Å². The molecule has 3 nitrogen and oxygen atoms in total. The summed E-state index contributed by atoms with van der Waals surface area (Å²) >= 11 is 0. The summed E-state index contributed by atoms with van der Waals surface area (Å²) in [5.74, 6) is -0.864. The fourth-order valence-corrected chi connectivity index (χ4v) is 6.23. The third kappa shape index (κ3) is 2.04. The van der Waals surface area contributed by atoms with Crippen LogP contribution >= 0.6 is 0 Å². The Bertz CT molecular complexity index is 396. The minimum Gasteiger partial charge on any atom is -0.389 e. The third-order valence-corrected chi connectivity index (χ3v) is 7.06. The first kappa shape index (κ1) is 14.5. The molecule has 1 aliphatic heterocycles. The fraction of sp³-hybridized carbons (Fsp3) is 1.00. The first-order valence-corrected chi connectivity index (χ1v) is 9.24. The summed E-state index contributed by atoms with van der Waals surface area (Å²) in [5, 5.41) is 22.9. The Hall–Kier alpha value is -0.120. The van der Waals surface area contributed by atoms with Crippen LogP contribution in [0.15, 0.2) is 0 Å². The standard InChI is InChI=1S/C18H30O3/c19-17-12-6-2-8-14(17)16(10-4-1-5-11-16)21-18(20)13-7-3-9-15(17)18/h14-15,19-20H,1-13H2/t14-,15+,17-,18-/m1/s1. The molecule has 4 atom stereocenters. The maximum Gasteiger partial charge on any atom is 0.171 e. The van der Waals surface area contributed by atoms with Gasteiger partial charge in [0, 0.05) is 18.3 Å². The summed E-state index contributed by atoms with van der Waals surface area (Å²) in [4.78, 5) is 0. The predicted octanol–water partition coefficient (Wildman–Crippen LogP) is 3.52. The van der Waals surface area contributed by atoms with E-state index in [0.717, 1.165) is 51.4 Å². The monoisotopic (exact) mass is 294 g/mol. The molecule has 4 aliphatic rings. The van der Waals surface area contributed by atoms with Crippen molar-refractivity contribution in [2.75, 3.05) is 0 Å². The Kier molecular flexibility index (Phi) is 3.40. The van der Waals surface area contributed by atoms with Crippen molar-refractivity contribution in [2.24, 2.45) is 11.8 Å². The largest absolute Gasteiger partial charge is 0.389 e. The van der Waals surface area contributed by atoms with Crippen molar-refractivity contribution in [3.63, 3.8) is 0 Å². The van der Waals surface area contributed by atoms with Crippen molar-refractivity contribution >= 4 is 0 Å². The molecular weight excluding hydrogens is 264 g/mol. The van der Waals surface area contributed by atoms with Crippen molar-refractivity contribution in [1.82, 2.24) is 0 Å². The van der Waals surface area contributed by atoms with Gasteiger partial charge < -0.3 is 14.9 Å². The number of ether oxygens (including phenoxy) is 1. The third-order valence-electron chi connectivity index (χ3n) is 7.06. The zero-order chi connectivity index (χ0) is 14.6. The average Bonchev–Trinajstić information content (AvgIpc) is 2.47. The van der Waals surface area contributed by atoms with Gasteiger partial charge in [0.05, 0.1) is 11.2 Å². The quantitative estimate of drug-likeness (QED) is 0.718. The van der Waals surface area contributed by atoms with E-state index < -0.39 is 11.4 Å². The van der Waals surface area contributed by atoms with Crippen LogP contribution in [0.2, 0.25) is 0 Å². The highest BCUT2D eigenvalue weighted by atomic mass is 16.6. The van der Waals surface area contributed by atoms with Crippen molar-refractivity contribution in [3.8, 4) is 0 Å². The molecule has 0 amide bonds. The van der Waals surface area contributed by atoms with E-state index in [-0.39, 0.29) is 17.4 Å². The van der Waals surface area contributed by atoms with Crippen molar-refractivity contribution < 1.29 is 14.9 Å². The highest BCUT2D eigenvalue weighted by Crippen LogP contribution is 2.61. The highest BCUT2D eigenvalue weighted by Gasteiger charge is 2.66. The molecule has 0 aromatic heterocycles. The maximum atomic E-state index is 11.6. The first-order chi connectivity index (χ1) is 10.1. The Morgan fingerprint density at radius 1 is 0.667 bits per heavy atom. The molecule has 1 heterocycles. The van der Waals surface area contributed by atoms with Crippen LogP contribution in [0, 0.1) is 11.8 Å². The minimum atomic E-state index is -1.06. The summed E-state index contributed by atoms with van der Waals surface area (Å²) in [6.45, 7) is 0. The van der Waals surface area contributed by atoms with E-state index in [1.807, 2.05) is 0 Å². The zero-order valence-corrected chi connectivity index (χ0v) is 13.1. The molecule has 0 aromatic rings. The molecule has 1 spiro atoms. The van der Waals surface area contributed by atoms with E-state index >= 15 is 0 Å². The Morgan fingerprint density at radius 3 is 2.05 bits per heavy atom. The molecule has 0 bridgehead atoms. The van der Waals surface area contributed by atoms with Gasteiger partial charge in [0.2, 0.25) is 0 Å². The molecule has 1 saturated heterocycles. The normalized spacial score (nSPS) is 49.4. The number of fused-ring (bicyclic) bond motifs is 4. The van der Waals surface area contributed by atoms with Gasteiger partial charge >= 0.3 is 0 Å². The van der Waals surface area contributed by atoms with E-state index in [1.54, 1.807) is 0 Å². The van der Waals surface area contributed by atoms with Crippen LogP contribution in [0.3, 0.4) is 0 Å². The van der Waals surface area contributed by atoms with E-state index in [1.165, 1.54) is 25.7 Å². The molecule has 21 heavy (non-hydrogen) atoms. The van der Waals surface area contributed by atoms with Gasteiger partial charge in [-0.1, -0.05) is 38.5 Å². The summed E-state index contributed by atoms with van der Waals surface area (Å²) in [6.07, 6.45) is 13.8. The molecular formula is C18H30O3. The predicted molar refractivity (Wildman–Crippen MR) is 80.7 cm³/mol. The maximum absolute atomic E-state index is 11.6. The molecule has 0 radical (unpaired) electrons. The van der Waals surface area contributed by atoms with Crippen LogP contribution in [0.5, 0.6) is 0 Å². The van der Waals surface area contributed by atoms with Gasteiger partial charge in [-0.2, -0.15) is 0 Å². The van der Waals surface area contributed by atoms with Crippen LogP contribution in [0.25, 0.3) is 0 Å². The lowest BCUT2D eigenvalue weighted by Gasteiger charge is -2.65. The number of rotatable bonds is 0. The topological polar surface area (TPSA) is 49.7 Å². The van der Waals surface area contributed by atoms with Crippen LogP contribution < -0.4 is 0 Å². The van der Waals surface area contributed by atoms with Gasteiger partial charge in [-0.3, -0.25) is 0 Å². The number of aliphatic hydroxyl groups is 2. The van der Waals surface area contributed by atoms with Gasteiger partial charge in [-0.05, 0) is 38.5 Å². The lowest BCUT2D eigenvalue weighted by molar-refractivity contribution is -0.399. The van der Waals surface area contributed by atoms with Crippen LogP contribution in [-0.2, 0) is 4.74 Å². The van der Waals surface area contributed by atoms with E-state index in [4.69, 9.17) is 4.74 Å². The van der Waals surface area contributed by atoms with E-state index in [9.17, 15) is 10.2 Å². The number of hydrogen-bond donors (Lipinski definition) is 2. The second-order valence-electron chi connectivity index (χ2n) is 8.16. The van der Waals surface area contributed by atoms with Crippen LogP contribution in [-0.4, -0.2) is 27.2 Å². The van der Waals surface area contributed by atoms with Crippen molar-refractivity contribution in [2.45, 2.75) is 100 Å². The zero-order valence-electron chi connectivity index (χ0n) is 13.1. The van der Waals surface area contributed by atoms with E-state index in [2.05, 4.69) is 0 Å². The van der Waals surface area contributed by atoms with Gasteiger partial charge in [0.25, 0.3) is 0 Å². The lowest BCUT2D eigenvalue weighted by Crippen LogP contribution is -2.72. The Morgan fingerprint density at radius 2 is 1.29 bits per heavy atom. The molecule has 4 fully saturated rings. The summed E-state index contributed by atoms with van der Waals surface area (Å²) in [6, 6.07) is 0. The van der Waals surface area contributed by atoms with E-state index in [0.29, 0.717) is 6.42 Å². The smallest absolute Gasteiger partial charge is 0.171 e. The second kappa shape index (κ2) is 4.94. The molecule has 0 aromatic carbocycles. The Balaban J connectivity index is 1.76. The SMILES string of the molecule is O[C@]12CCCC[C@@H]1C1(CCCCC1)O[C@]1(O)CCCC[C@@H]21. The summed E-state index contributed by atoms with van der Waals surface area (Å²) in [7, 11) is 0. The average molecular weight is 294 g/mol. The summed E-state index contributed by atoms with van der Waals surface area (Å²) in [5.41, 5.74) is -0.918. The molecule has 3 aliphatic carbocycles. The van der Waals surface area contributed by atoms with Crippen LogP contribution in [0.4, 0.5) is 0 Å². The highest BCUT2D eigenvalue weighted by molar-refractivity contribution is 5.13. The molecule has 3 saturated carbocycles. The fourth-order valence-electron chi connectivity index (χ4n) is 6.23. The lowest BCUT2D eigenvalue weighted by atomic mass is 9.53. The minimum absolute atomic E-state index is 0.0587. The van der Waals surface area contributed by atoms with Gasteiger partial charge in [-0.25, -0.2) is 0 Å². The molecule has 120 valence electrons. The van der Waals surface area contributed by atoms with Crippen LogP contribution in [0.1, 0.15) is 83.5 Å². The molecule has 2 N–H and O–H groups in total. The van der Waals surface area contributed by atoms with Gasteiger partial charge in [0.15, 0.2) is 5.79 Å². The van der Waals surface area contributed by atoms with Crippen molar-refractivity contribution in [1.29, 1.82) is 0 Å². The second-order valence-corrected chi connectivity index (χ2v) is 8.16. The summed E-state index contributed by atoms with van der Waals surface area (Å²) < 4.78 is 6.54.